The predicted molar refractivity (Wildman–Crippen MR) is 97.5 cm³/mol. The number of morpholine rings is 1. The van der Waals surface area contributed by atoms with E-state index in [9.17, 15) is 9.59 Å². The Morgan fingerprint density at radius 3 is 2.48 bits per heavy atom. The Hall–Kier alpha value is -1.88. The zero-order valence-electron chi connectivity index (χ0n) is 13.7. The second-order valence-corrected chi connectivity index (χ2v) is 6.70. The van der Waals surface area contributed by atoms with Crippen molar-refractivity contribution in [2.24, 2.45) is 0 Å². The van der Waals surface area contributed by atoms with Crippen LogP contribution in [0.25, 0.3) is 0 Å². The maximum atomic E-state index is 12.9. The fourth-order valence-electron chi connectivity index (χ4n) is 2.90. The minimum absolute atomic E-state index is 0.127. The van der Waals surface area contributed by atoms with E-state index in [4.69, 9.17) is 27.9 Å². The summed E-state index contributed by atoms with van der Waals surface area (Å²) >= 11 is 12.0. The summed E-state index contributed by atoms with van der Waals surface area (Å²) in [6, 6.07) is 12.2. The molecule has 0 aromatic heterocycles. The first kappa shape index (κ1) is 17.9. The van der Waals surface area contributed by atoms with Crippen LogP contribution in [0.1, 0.15) is 39.3 Å². The van der Waals surface area contributed by atoms with Crippen molar-refractivity contribution >= 4 is 34.9 Å². The van der Waals surface area contributed by atoms with E-state index < -0.39 is 0 Å². The molecule has 0 aliphatic carbocycles. The highest BCUT2D eigenvalue weighted by Gasteiger charge is 2.28. The number of carbonyl (C=O) groups is 2. The molecule has 1 saturated heterocycles. The van der Waals surface area contributed by atoms with Gasteiger partial charge in [0.1, 0.15) is 6.10 Å². The number of amides is 1. The highest BCUT2D eigenvalue weighted by molar-refractivity contribution is 6.42. The van der Waals surface area contributed by atoms with Crippen LogP contribution in [-0.4, -0.2) is 36.3 Å². The molecule has 1 aliphatic heterocycles. The van der Waals surface area contributed by atoms with Crippen molar-refractivity contribution in [3.05, 3.63) is 69.2 Å². The molecule has 4 nitrogen and oxygen atoms in total. The van der Waals surface area contributed by atoms with Gasteiger partial charge in [-0.1, -0.05) is 47.5 Å². The van der Waals surface area contributed by atoms with Crippen LogP contribution in [0.5, 0.6) is 0 Å². The van der Waals surface area contributed by atoms with Crippen LogP contribution < -0.4 is 0 Å². The van der Waals surface area contributed by atoms with Crippen molar-refractivity contribution in [3.8, 4) is 0 Å². The molecule has 0 N–H and O–H groups in total. The van der Waals surface area contributed by atoms with Gasteiger partial charge in [-0.3, -0.25) is 9.59 Å². The van der Waals surface area contributed by atoms with Crippen molar-refractivity contribution in [3.63, 3.8) is 0 Å². The van der Waals surface area contributed by atoms with Gasteiger partial charge in [-0.2, -0.15) is 0 Å². The average Bonchev–Trinajstić information content (AvgIpc) is 2.63. The van der Waals surface area contributed by atoms with E-state index in [1.54, 1.807) is 41.3 Å². The van der Waals surface area contributed by atoms with E-state index >= 15 is 0 Å². The van der Waals surface area contributed by atoms with Crippen LogP contribution in [0.4, 0.5) is 0 Å². The fourth-order valence-corrected chi connectivity index (χ4v) is 3.20. The number of ether oxygens (including phenoxy) is 1. The van der Waals surface area contributed by atoms with E-state index in [0.717, 1.165) is 5.56 Å². The number of hydrogen-bond acceptors (Lipinski definition) is 3. The number of benzene rings is 2. The molecular weight excluding hydrogens is 361 g/mol. The summed E-state index contributed by atoms with van der Waals surface area (Å²) in [5.74, 6) is -0.294. The average molecular weight is 378 g/mol. The third kappa shape index (κ3) is 3.87. The molecular formula is C19H17Cl2NO3. The first-order valence-corrected chi connectivity index (χ1v) is 8.68. The Morgan fingerprint density at radius 1 is 1.08 bits per heavy atom. The quantitative estimate of drug-likeness (QED) is 0.744. The lowest BCUT2D eigenvalue weighted by Gasteiger charge is -2.33. The lowest BCUT2D eigenvalue weighted by atomic mass is 10.0. The number of nitrogens with zero attached hydrogens (tertiary/aromatic N) is 1. The Bertz CT molecular complexity index is 822. The zero-order chi connectivity index (χ0) is 18.0. The van der Waals surface area contributed by atoms with E-state index in [2.05, 4.69) is 0 Å². The number of Topliss-reactive ketones (excluding diaryl/α,β-unsaturated/α-hetero) is 1. The molecule has 0 radical (unpaired) electrons. The topological polar surface area (TPSA) is 46.6 Å². The number of hydrogen-bond donors (Lipinski definition) is 0. The third-order valence-corrected chi connectivity index (χ3v) is 4.94. The van der Waals surface area contributed by atoms with Crippen LogP contribution in [0.2, 0.25) is 10.0 Å². The zero-order valence-corrected chi connectivity index (χ0v) is 15.2. The molecule has 1 aliphatic rings. The Balaban J connectivity index is 1.83. The molecule has 3 rings (SSSR count). The van der Waals surface area contributed by atoms with Gasteiger partial charge in [0.25, 0.3) is 5.91 Å². The van der Waals surface area contributed by atoms with Crippen LogP contribution >= 0.6 is 23.2 Å². The van der Waals surface area contributed by atoms with E-state index in [-0.39, 0.29) is 17.8 Å². The minimum Gasteiger partial charge on any atom is -0.370 e. The number of rotatable bonds is 3. The van der Waals surface area contributed by atoms with Crippen LogP contribution in [0, 0.1) is 0 Å². The van der Waals surface area contributed by atoms with Crippen molar-refractivity contribution in [1.29, 1.82) is 0 Å². The summed E-state index contributed by atoms with van der Waals surface area (Å²) < 4.78 is 5.79. The molecule has 2 aromatic rings. The van der Waals surface area contributed by atoms with Gasteiger partial charge in [0, 0.05) is 12.1 Å². The monoisotopic (exact) mass is 377 g/mol. The predicted octanol–water partition coefficient (Wildman–Crippen LogP) is 4.41. The van der Waals surface area contributed by atoms with Gasteiger partial charge in [-0.25, -0.2) is 0 Å². The van der Waals surface area contributed by atoms with Gasteiger partial charge in [0.05, 0.1) is 28.8 Å². The van der Waals surface area contributed by atoms with Crippen LogP contribution in [-0.2, 0) is 4.74 Å². The SMILES string of the molecule is CC(=O)c1ccccc1C(=O)N1CCO[C@H](c2ccc(Cl)c(Cl)c2)C1. The van der Waals surface area contributed by atoms with Gasteiger partial charge in [-0.05, 0) is 30.7 Å². The highest BCUT2D eigenvalue weighted by Crippen LogP contribution is 2.29. The summed E-state index contributed by atoms with van der Waals surface area (Å²) in [5.41, 5.74) is 1.72. The molecule has 6 heteroatoms. The molecule has 0 bridgehead atoms. The van der Waals surface area contributed by atoms with Crippen LogP contribution in [0.15, 0.2) is 42.5 Å². The summed E-state index contributed by atoms with van der Waals surface area (Å²) in [7, 11) is 0. The van der Waals surface area contributed by atoms with Gasteiger partial charge in [0.15, 0.2) is 5.78 Å². The molecule has 1 fully saturated rings. The first-order valence-electron chi connectivity index (χ1n) is 7.93. The van der Waals surface area contributed by atoms with Crippen molar-refractivity contribution < 1.29 is 14.3 Å². The van der Waals surface area contributed by atoms with E-state index in [1.807, 2.05) is 6.07 Å². The lowest BCUT2D eigenvalue weighted by molar-refractivity contribution is -0.0228. The molecule has 2 aromatic carbocycles. The highest BCUT2D eigenvalue weighted by atomic mass is 35.5. The van der Waals surface area contributed by atoms with Gasteiger partial charge in [0.2, 0.25) is 0 Å². The fraction of sp³-hybridized carbons (Fsp3) is 0.263. The lowest BCUT2D eigenvalue weighted by Crippen LogP contribution is -2.42. The molecule has 1 amide bonds. The minimum atomic E-state index is -0.281. The molecule has 25 heavy (non-hydrogen) atoms. The van der Waals surface area contributed by atoms with Gasteiger partial charge >= 0.3 is 0 Å². The summed E-state index contributed by atoms with van der Waals surface area (Å²) in [5, 5.41) is 0.928. The summed E-state index contributed by atoms with van der Waals surface area (Å²) in [6.07, 6.45) is -0.281. The summed E-state index contributed by atoms with van der Waals surface area (Å²) in [4.78, 5) is 26.4. The van der Waals surface area contributed by atoms with Crippen molar-refractivity contribution in [1.82, 2.24) is 4.90 Å². The maximum Gasteiger partial charge on any atom is 0.254 e. The van der Waals surface area contributed by atoms with Gasteiger partial charge in [-0.15, -0.1) is 0 Å². The molecule has 130 valence electrons. The molecule has 1 heterocycles. The normalized spacial score (nSPS) is 17.4. The molecule has 0 spiro atoms. The number of halogens is 2. The van der Waals surface area contributed by atoms with E-state index in [1.165, 1.54) is 6.92 Å². The first-order chi connectivity index (χ1) is 12.0. The second kappa shape index (κ2) is 7.56. The molecule has 0 saturated carbocycles. The van der Waals surface area contributed by atoms with Gasteiger partial charge < -0.3 is 9.64 Å². The summed E-state index contributed by atoms with van der Waals surface area (Å²) in [6.45, 7) is 2.74. The number of ketones is 1. The Morgan fingerprint density at radius 2 is 1.80 bits per heavy atom. The smallest absolute Gasteiger partial charge is 0.254 e. The standard InChI is InChI=1S/C19H17Cl2NO3/c1-12(23)14-4-2-3-5-15(14)19(24)22-8-9-25-18(11-22)13-6-7-16(20)17(21)10-13/h2-7,10,18H,8-9,11H2,1H3/t18-/m0/s1. The second-order valence-electron chi connectivity index (χ2n) is 5.89. The third-order valence-electron chi connectivity index (χ3n) is 4.21. The molecule has 1 atom stereocenters. The Labute approximate surface area is 156 Å². The molecule has 0 unspecified atom stereocenters. The largest absolute Gasteiger partial charge is 0.370 e. The Kier molecular flexibility index (Phi) is 5.42. The maximum absolute atomic E-state index is 12.9. The van der Waals surface area contributed by atoms with E-state index in [0.29, 0.717) is 40.9 Å². The van der Waals surface area contributed by atoms with Crippen molar-refractivity contribution in [2.45, 2.75) is 13.0 Å². The van der Waals surface area contributed by atoms with Crippen LogP contribution in [0.3, 0.4) is 0 Å². The van der Waals surface area contributed by atoms with Crippen molar-refractivity contribution in [2.75, 3.05) is 19.7 Å². The number of carbonyl (C=O) groups excluding carboxylic acids is 2.